The predicted molar refractivity (Wildman–Crippen MR) is 178 cm³/mol. The minimum Gasteiger partial charge on any atom is -0.339 e. The van der Waals surface area contributed by atoms with Crippen molar-refractivity contribution in [2.45, 2.75) is 44.2 Å². The van der Waals surface area contributed by atoms with Crippen molar-refractivity contribution in [2.75, 3.05) is 77.0 Å². The van der Waals surface area contributed by atoms with E-state index >= 15 is 0 Å². The van der Waals surface area contributed by atoms with Crippen molar-refractivity contribution in [3.05, 3.63) is 78.4 Å². The van der Waals surface area contributed by atoms with Crippen molar-refractivity contribution in [1.82, 2.24) is 20.0 Å². The summed E-state index contributed by atoms with van der Waals surface area (Å²) in [5.41, 5.74) is 13.5. The fourth-order valence-corrected chi connectivity index (χ4v) is 6.86. The molecule has 2 aliphatic heterocycles. The largest absolute Gasteiger partial charge is 0.339 e. The van der Waals surface area contributed by atoms with Crippen LogP contribution >= 0.6 is 0 Å². The molecule has 2 fully saturated rings. The van der Waals surface area contributed by atoms with Crippen LogP contribution < -0.4 is 21.7 Å². The summed E-state index contributed by atoms with van der Waals surface area (Å²) in [6.07, 6.45) is 4.81. The van der Waals surface area contributed by atoms with Gasteiger partial charge in [-0.2, -0.15) is 0 Å². The molecule has 0 bridgehead atoms. The van der Waals surface area contributed by atoms with Crippen molar-refractivity contribution in [3.63, 3.8) is 0 Å². The second kappa shape index (κ2) is 15.6. The molecule has 2 saturated heterocycles. The molecule has 8 heteroatoms. The van der Waals surface area contributed by atoms with Crippen molar-refractivity contribution in [3.8, 4) is 0 Å². The van der Waals surface area contributed by atoms with Crippen LogP contribution in [0.5, 0.6) is 0 Å². The number of benzene rings is 3. The number of nitrogens with zero attached hydrogens (tertiary/aromatic N) is 4. The van der Waals surface area contributed by atoms with Gasteiger partial charge in [0.2, 0.25) is 5.91 Å². The first-order valence-electron chi connectivity index (χ1n) is 16.3. The molecule has 1 amide bonds. The zero-order chi connectivity index (χ0) is 29.9. The Bertz CT molecular complexity index is 1260. The number of likely N-dealkylation sites (tertiary alicyclic amines) is 1. The summed E-state index contributed by atoms with van der Waals surface area (Å²) < 4.78 is 0. The monoisotopic (exact) mass is 585 g/mol. The molecule has 3 aromatic rings. The van der Waals surface area contributed by atoms with Crippen LogP contribution in [-0.2, 0) is 11.3 Å². The van der Waals surface area contributed by atoms with E-state index in [-0.39, 0.29) is 5.91 Å². The summed E-state index contributed by atoms with van der Waals surface area (Å²) in [5, 5.41) is 6.21. The molecule has 0 unspecified atom stereocenters. The zero-order valence-electron chi connectivity index (χ0n) is 25.8. The van der Waals surface area contributed by atoms with Gasteiger partial charge in [-0.05, 0) is 99.8 Å². The topological polar surface area (TPSA) is 94.1 Å². The van der Waals surface area contributed by atoms with Gasteiger partial charge in [-0.1, -0.05) is 60.7 Å². The lowest BCUT2D eigenvalue weighted by Gasteiger charge is -2.43. The van der Waals surface area contributed by atoms with E-state index < -0.39 is 5.54 Å². The number of hydrogen-bond acceptors (Lipinski definition) is 7. The van der Waals surface area contributed by atoms with Crippen LogP contribution in [0.1, 0.15) is 37.7 Å². The zero-order valence-corrected chi connectivity index (χ0v) is 25.8. The Morgan fingerprint density at radius 2 is 1.47 bits per heavy atom. The lowest BCUT2D eigenvalue weighted by molar-refractivity contribution is -0.133. The molecule has 0 aliphatic carbocycles. The molecule has 0 saturated carbocycles. The van der Waals surface area contributed by atoms with E-state index in [1.54, 1.807) is 0 Å². The van der Waals surface area contributed by atoms with Crippen LogP contribution in [0.15, 0.2) is 72.8 Å². The summed E-state index contributed by atoms with van der Waals surface area (Å²) in [6.45, 7) is 10.5. The molecule has 2 heterocycles. The summed E-state index contributed by atoms with van der Waals surface area (Å²) in [7, 11) is 0. The van der Waals surface area contributed by atoms with Gasteiger partial charge in [0, 0.05) is 38.4 Å². The first-order chi connectivity index (χ1) is 21.1. The highest BCUT2D eigenvalue weighted by Gasteiger charge is 2.53. The van der Waals surface area contributed by atoms with Crippen LogP contribution in [-0.4, -0.2) is 98.3 Å². The molecule has 0 aromatic heterocycles. The fraction of sp³-hybridized carbons (Fsp3) is 0.514. The number of hydrogen-bond donors (Lipinski definition) is 3. The first-order valence-corrected chi connectivity index (χ1v) is 16.3. The molecule has 0 radical (unpaired) electrons. The first kappa shape index (κ1) is 31.4. The minimum absolute atomic E-state index is 0.290. The molecule has 1 spiro atoms. The highest BCUT2D eigenvalue weighted by Crippen LogP contribution is 2.39. The molecule has 5 rings (SSSR count). The maximum absolute atomic E-state index is 14.1. The third kappa shape index (κ3) is 7.75. The number of piperidine rings is 1. The smallest absolute Gasteiger partial charge is 0.250 e. The molecular weight excluding hydrogens is 534 g/mol. The van der Waals surface area contributed by atoms with Crippen molar-refractivity contribution >= 4 is 22.4 Å². The lowest BCUT2D eigenvalue weighted by atomic mass is 9.85. The Balaban J connectivity index is 1.16. The van der Waals surface area contributed by atoms with E-state index in [1.807, 2.05) is 0 Å². The van der Waals surface area contributed by atoms with E-state index in [0.717, 1.165) is 110 Å². The van der Waals surface area contributed by atoms with Gasteiger partial charge in [-0.3, -0.25) is 9.69 Å². The number of para-hydroxylation sites is 1. The Hall–Kier alpha value is -3.01. The predicted octanol–water partition coefficient (Wildman–Crippen LogP) is 3.46. The van der Waals surface area contributed by atoms with Crippen molar-refractivity contribution in [1.29, 1.82) is 0 Å². The Labute approximate surface area is 258 Å². The number of amides is 1. The molecule has 0 atom stereocenters. The summed E-state index contributed by atoms with van der Waals surface area (Å²) >= 11 is 0. The van der Waals surface area contributed by atoms with Gasteiger partial charge in [-0.25, -0.2) is 0 Å². The standard InChI is InChI=1S/C35H51N7O/c36-18-7-22-39(23-8-19-37)24-9-20-38-21-27-41-29-42(32-13-2-1-3-14-32)35(34(41)43)16-25-40(26-17-35)28-31-12-6-11-30-10-4-5-15-33(30)31/h1-6,10-15,38H,7-9,16-29,36-37H2. The highest BCUT2D eigenvalue weighted by atomic mass is 16.2. The van der Waals surface area contributed by atoms with Crippen LogP contribution in [0.25, 0.3) is 10.8 Å². The molecular formula is C35H51N7O. The van der Waals surface area contributed by atoms with Gasteiger partial charge in [0.15, 0.2) is 0 Å². The maximum atomic E-state index is 14.1. The van der Waals surface area contributed by atoms with Gasteiger partial charge < -0.3 is 31.5 Å². The third-order valence-electron chi connectivity index (χ3n) is 9.28. The number of carbonyl (C=O) groups is 1. The maximum Gasteiger partial charge on any atom is 0.250 e. The highest BCUT2D eigenvalue weighted by molar-refractivity contribution is 5.93. The van der Waals surface area contributed by atoms with Gasteiger partial charge in [0.25, 0.3) is 0 Å². The molecule has 2 aliphatic rings. The Morgan fingerprint density at radius 3 is 2.21 bits per heavy atom. The SMILES string of the molecule is NCCCN(CCCN)CCCNCCN1CN(c2ccccc2)C2(CCN(Cc3cccc4ccccc34)CC2)C1=O. The third-order valence-corrected chi connectivity index (χ3v) is 9.28. The molecule has 5 N–H and O–H groups in total. The van der Waals surface area contributed by atoms with Gasteiger partial charge in [-0.15, -0.1) is 0 Å². The molecule has 43 heavy (non-hydrogen) atoms. The number of fused-ring (bicyclic) bond motifs is 1. The number of carbonyl (C=O) groups excluding carboxylic acids is 1. The average molecular weight is 586 g/mol. The summed E-state index contributed by atoms with van der Waals surface area (Å²) in [4.78, 5) is 23.6. The molecule has 3 aromatic carbocycles. The van der Waals surface area contributed by atoms with Crippen LogP contribution in [0.2, 0.25) is 0 Å². The van der Waals surface area contributed by atoms with E-state index in [0.29, 0.717) is 6.67 Å². The van der Waals surface area contributed by atoms with Gasteiger partial charge in [0.05, 0.1) is 6.67 Å². The van der Waals surface area contributed by atoms with Crippen LogP contribution in [0.3, 0.4) is 0 Å². The fourth-order valence-electron chi connectivity index (χ4n) is 6.86. The number of nitrogens with one attached hydrogen (secondary N) is 1. The summed E-state index contributed by atoms with van der Waals surface area (Å²) in [5.74, 6) is 0.290. The molecule has 8 nitrogen and oxygen atoms in total. The van der Waals surface area contributed by atoms with E-state index in [1.165, 1.54) is 16.3 Å². The van der Waals surface area contributed by atoms with E-state index in [2.05, 4.69) is 97.7 Å². The Kier molecular flexibility index (Phi) is 11.4. The second-order valence-corrected chi connectivity index (χ2v) is 12.1. The van der Waals surface area contributed by atoms with Crippen molar-refractivity contribution < 1.29 is 4.79 Å². The second-order valence-electron chi connectivity index (χ2n) is 12.1. The van der Waals surface area contributed by atoms with Crippen molar-refractivity contribution in [2.24, 2.45) is 11.5 Å². The Morgan fingerprint density at radius 1 is 0.791 bits per heavy atom. The summed E-state index contributed by atoms with van der Waals surface area (Å²) in [6, 6.07) is 25.7. The van der Waals surface area contributed by atoms with E-state index in [9.17, 15) is 4.79 Å². The van der Waals surface area contributed by atoms with Crippen LogP contribution in [0.4, 0.5) is 5.69 Å². The van der Waals surface area contributed by atoms with Gasteiger partial charge >= 0.3 is 0 Å². The number of rotatable bonds is 16. The van der Waals surface area contributed by atoms with Crippen LogP contribution in [0, 0.1) is 0 Å². The number of anilines is 1. The average Bonchev–Trinajstić information content (AvgIpc) is 3.31. The van der Waals surface area contributed by atoms with E-state index in [4.69, 9.17) is 11.5 Å². The molecule has 232 valence electrons. The van der Waals surface area contributed by atoms with Gasteiger partial charge in [0.1, 0.15) is 5.54 Å². The number of nitrogens with two attached hydrogens (primary N) is 2. The minimum atomic E-state index is -0.469. The lowest BCUT2D eigenvalue weighted by Crippen LogP contribution is -2.56. The normalized spacial score (nSPS) is 17.1. The quantitative estimate of drug-likeness (QED) is 0.222.